The second-order valence-corrected chi connectivity index (χ2v) is 30.8. The molecule has 0 bridgehead atoms. The summed E-state index contributed by atoms with van der Waals surface area (Å²) < 4.78 is 132. The minimum Gasteiger partial charge on any atom is -0.469 e. The molecule has 0 aromatic carbocycles. The molecule has 6 unspecified atom stereocenters. The number of methoxy groups -OCH3 is 5. The quantitative estimate of drug-likeness (QED) is 0.0545. The van der Waals surface area contributed by atoms with E-state index in [1.807, 2.05) is 0 Å². The van der Waals surface area contributed by atoms with Gasteiger partial charge in [-0.25, -0.2) is 4.79 Å². The molecule has 12 fully saturated rings. The molecule has 0 radical (unpaired) electrons. The fourth-order valence-corrected chi connectivity index (χ4v) is 16.0. The average molecular weight is 1380 g/mol. The third-order valence-corrected chi connectivity index (χ3v) is 24.0. The highest BCUT2D eigenvalue weighted by Crippen LogP contribution is 2.65. The zero-order valence-corrected chi connectivity index (χ0v) is 58.0. The smallest absolute Gasteiger partial charge is 0.469 e. The molecular weight excluding hydrogens is 1280 g/mol. The lowest BCUT2D eigenvalue weighted by Gasteiger charge is -2.36. The van der Waals surface area contributed by atoms with Crippen molar-refractivity contribution in [3.8, 4) is 0 Å². The average Bonchev–Trinajstić information content (AvgIpc) is 1.60. The molecule has 6 atom stereocenters. The summed E-state index contributed by atoms with van der Waals surface area (Å²) in [5.41, 5.74) is -3.43. The summed E-state index contributed by atoms with van der Waals surface area (Å²) in [4.78, 5) is 78.7. The van der Waals surface area contributed by atoms with Gasteiger partial charge in [-0.1, -0.05) is 11.6 Å². The standard InChI is InChI=1S/C16H25BO4.C12H18O4.C11H13F3O5S.C11H16O4.C10H14O3.C8H12O3/c1-14(2)15(3,4)21-17(20-14)11-6-8-16(9-7-11)10-12(16)13(18)19-5;1-14-10(13)9-8-11(9)2-4-12(5-3-11)15-6-7-16-12;1-18-9(15)8-6-10(8)4-2-7(3-5-10)19-20(16,17)11(12,13)14;1-13-10(12)8-9-2-4-11(5-3-9)14-6-7-15-11;1-13-9(12)8-6-10(8)4-2-7(11)3-5-10;9-7-1-3-8(4-2-7)10-5-6-11-8/h6,12H,7-10H2,1-5H3;9H,2-8H2,1H3;2,8H,3-6H2,1H3;8H,2-7H2,1H3;8H,2-6H2,1H3;1-6H2. The monoisotopic (exact) mass is 1380 g/mol. The number of rotatable bonds is 8. The Morgan fingerprint density at radius 3 is 1.18 bits per heavy atom. The fraction of sp³-hybridized carbons (Fsp3) is 0.809. The molecule has 0 N–H and O–H groups in total. The van der Waals surface area contributed by atoms with Crippen LogP contribution in [0.3, 0.4) is 0 Å². The van der Waals surface area contributed by atoms with Crippen LogP contribution in [0.4, 0.5) is 13.2 Å². The van der Waals surface area contributed by atoms with E-state index in [9.17, 15) is 55.2 Å². The Kier molecular flexibility index (Phi) is 23.4. The summed E-state index contributed by atoms with van der Waals surface area (Å²) >= 11 is 0. The number of alkyl halides is 3. The predicted molar refractivity (Wildman–Crippen MR) is 334 cm³/mol. The van der Waals surface area contributed by atoms with E-state index in [4.69, 9.17) is 51.9 Å². The van der Waals surface area contributed by atoms with Crippen molar-refractivity contribution in [1.82, 2.24) is 0 Å². The van der Waals surface area contributed by atoms with Crippen molar-refractivity contribution in [2.75, 3.05) is 75.2 Å². The van der Waals surface area contributed by atoms with Gasteiger partial charge in [0.25, 0.3) is 0 Å². The van der Waals surface area contributed by atoms with Crippen LogP contribution in [0.15, 0.2) is 35.0 Å². The van der Waals surface area contributed by atoms with Crippen LogP contribution >= 0.6 is 0 Å². The summed E-state index contributed by atoms with van der Waals surface area (Å²) in [6, 6.07) is 0. The molecule has 0 amide bonds. The molecule has 4 heterocycles. The molecule has 14 rings (SSSR count). The van der Waals surface area contributed by atoms with Gasteiger partial charge in [-0.15, -0.1) is 0 Å². The molecule has 0 aromatic heterocycles. The number of Topliss-reactive ketones (excluding diaryl/α,β-unsaturated/α-hetero) is 2. The Labute approximate surface area is 561 Å². The maximum absolute atomic E-state index is 12.2. The Bertz CT molecular complexity index is 3030. The van der Waals surface area contributed by atoms with E-state index in [-0.39, 0.29) is 123 Å². The molecular formula is C68H98BF3O23S. The van der Waals surface area contributed by atoms with E-state index in [0.29, 0.717) is 96.2 Å². The number of halogens is 3. The van der Waals surface area contributed by atoms with Gasteiger partial charge >= 0.3 is 52.6 Å². The highest BCUT2D eigenvalue weighted by molar-refractivity contribution is 7.87. The lowest BCUT2D eigenvalue weighted by Crippen LogP contribution is -2.41. The van der Waals surface area contributed by atoms with Crippen molar-refractivity contribution in [3.63, 3.8) is 0 Å². The van der Waals surface area contributed by atoms with Crippen molar-refractivity contribution in [2.45, 2.75) is 229 Å². The van der Waals surface area contributed by atoms with Gasteiger partial charge in [0, 0.05) is 76.7 Å². The molecule has 538 valence electrons. The van der Waals surface area contributed by atoms with Crippen molar-refractivity contribution in [3.05, 3.63) is 35.0 Å². The van der Waals surface area contributed by atoms with E-state index < -0.39 is 15.6 Å². The van der Waals surface area contributed by atoms with Gasteiger partial charge in [-0.2, -0.15) is 21.6 Å². The van der Waals surface area contributed by atoms with E-state index >= 15 is 0 Å². The van der Waals surface area contributed by atoms with Crippen LogP contribution in [0, 0.1) is 45.3 Å². The molecule has 7 spiro atoms. The Balaban J connectivity index is 0.000000137. The lowest BCUT2D eigenvalue weighted by atomic mass is 9.69. The van der Waals surface area contributed by atoms with Crippen molar-refractivity contribution in [2.24, 2.45) is 45.3 Å². The molecule has 10 aliphatic carbocycles. The van der Waals surface area contributed by atoms with Gasteiger partial charge in [0.1, 0.15) is 17.3 Å². The van der Waals surface area contributed by atoms with Crippen molar-refractivity contribution < 1.29 is 121 Å². The first-order valence-corrected chi connectivity index (χ1v) is 35.4. The molecule has 4 saturated heterocycles. The summed E-state index contributed by atoms with van der Waals surface area (Å²) in [6.07, 6.45) is 25.5. The van der Waals surface area contributed by atoms with Crippen LogP contribution < -0.4 is 0 Å². The number of hydrogen-bond donors (Lipinski definition) is 0. The van der Waals surface area contributed by atoms with Crippen LogP contribution in [0.1, 0.15) is 195 Å². The van der Waals surface area contributed by atoms with Gasteiger partial charge in [-0.05, 0) is 157 Å². The minimum absolute atomic E-state index is 0.0378. The maximum atomic E-state index is 12.2. The Hall–Kier alpha value is -4.81. The van der Waals surface area contributed by atoms with Crippen LogP contribution in [-0.4, -0.2) is 166 Å². The lowest BCUT2D eigenvalue weighted by molar-refractivity contribution is -0.186. The highest BCUT2D eigenvalue weighted by atomic mass is 32.2. The second kappa shape index (κ2) is 29.8. The molecule has 96 heavy (non-hydrogen) atoms. The first kappa shape index (κ1) is 75.4. The summed E-state index contributed by atoms with van der Waals surface area (Å²) in [7, 11) is 1.21. The maximum Gasteiger partial charge on any atom is 0.534 e. The van der Waals surface area contributed by atoms with Gasteiger partial charge in [0.15, 0.2) is 17.4 Å². The van der Waals surface area contributed by atoms with Crippen molar-refractivity contribution >= 4 is 58.6 Å². The topological polar surface area (TPSA) is 283 Å². The first-order chi connectivity index (χ1) is 45.2. The number of carbonyl (C=O) groups excluding carboxylic acids is 7. The van der Waals surface area contributed by atoms with E-state index in [1.54, 1.807) is 6.08 Å². The number of esters is 5. The van der Waals surface area contributed by atoms with E-state index in [1.165, 1.54) is 47.1 Å². The SMILES string of the molecule is COC(=O)C1CC12CC=C(B1OC(C)(C)C(C)(C)O1)CC2.COC(=O)C1CC12CC=C(OS(=O)(=O)C(F)(F)F)CC2.COC(=O)C1CC12CCC(=O)CC2.COC(=O)C1CC12CCC1(CC2)OCCO1.COC(=O)C=C1CCC2(CC1)OCCO2.O=C1CCC2(CC1)OCCO2. The summed E-state index contributed by atoms with van der Waals surface area (Å²) in [5, 5.41) is 0. The summed E-state index contributed by atoms with van der Waals surface area (Å²) in [6.45, 7) is 12.5. The van der Waals surface area contributed by atoms with Gasteiger partial charge < -0.3 is 65.6 Å². The molecule has 0 aromatic rings. The minimum atomic E-state index is -5.61. The predicted octanol–water partition coefficient (Wildman–Crippen LogP) is 10.1. The molecule has 28 heteroatoms. The number of hydrogen-bond acceptors (Lipinski definition) is 23. The van der Waals surface area contributed by atoms with Gasteiger partial charge in [-0.3, -0.25) is 28.8 Å². The normalized spacial score (nSPS) is 31.2. The fourth-order valence-electron chi connectivity index (χ4n) is 15.4. The van der Waals surface area contributed by atoms with Gasteiger partial charge in [0.2, 0.25) is 0 Å². The number of carbonyl (C=O) groups is 7. The van der Waals surface area contributed by atoms with Crippen LogP contribution in [-0.2, 0) is 109 Å². The number of ketones is 2. The van der Waals surface area contributed by atoms with Crippen LogP contribution in [0.2, 0.25) is 0 Å². The Morgan fingerprint density at radius 1 is 0.469 bits per heavy atom. The third-order valence-electron chi connectivity index (χ3n) is 23.0. The van der Waals surface area contributed by atoms with E-state index in [0.717, 1.165) is 121 Å². The largest absolute Gasteiger partial charge is 0.534 e. The zero-order chi connectivity index (χ0) is 69.8. The van der Waals surface area contributed by atoms with Gasteiger partial charge in [0.05, 0.1) is 110 Å². The number of allylic oxidation sites excluding steroid dienone is 5. The second-order valence-electron chi connectivity index (χ2n) is 29.2. The van der Waals surface area contributed by atoms with Crippen LogP contribution in [0.25, 0.3) is 0 Å². The molecule has 8 saturated carbocycles. The van der Waals surface area contributed by atoms with Crippen molar-refractivity contribution in [1.29, 1.82) is 0 Å². The molecule has 4 aliphatic heterocycles. The van der Waals surface area contributed by atoms with Crippen LogP contribution in [0.5, 0.6) is 0 Å². The zero-order valence-electron chi connectivity index (χ0n) is 57.2. The number of ether oxygens (including phenoxy) is 11. The first-order valence-electron chi connectivity index (χ1n) is 33.9. The Morgan fingerprint density at radius 2 is 0.812 bits per heavy atom. The molecule has 23 nitrogen and oxygen atoms in total. The molecule has 14 aliphatic rings. The highest BCUT2D eigenvalue weighted by Gasteiger charge is 2.64. The summed E-state index contributed by atoms with van der Waals surface area (Å²) in [5.74, 6) is -1.29. The van der Waals surface area contributed by atoms with E-state index in [2.05, 4.69) is 47.4 Å². The third kappa shape index (κ3) is 17.5.